The van der Waals surface area contributed by atoms with Crippen LogP contribution in [-0.4, -0.2) is 4.98 Å². The lowest BCUT2D eigenvalue weighted by molar-refractivity contribution is 0.302. The van der Waals surface area contributed by atoms with Crippen LogP contribution in [0.5, 0.6) is 5.75 Å². The van der Waals surface area contributed by atoms with Gasteiger partial charge in [0.25, 0.3) is 0 Å². The maximum absolute atomic E-state index is 5.84. The number of hydrogen-bond donors (Lipinski definition) is 1. The van der Waals surface area contributed by atoms with E-state index in [-0.39, 0.29) is 0 Å². The zero-order valence-electron chi connectivity index (χ0n) is 8.52. The first-order valence-electron chi connectivity index (χ1n) is 4.79. The second kappa shape index (κ2) is 5.30. The van der Waals surface area contributed by atoms with Gasteiger partial charge in [0.05, 0.1) is 5.69 Å². The van der Waals surface area contributed by atoms with E-state index in [2.05, 4.69) is 4.98 Å². The van der Waals surface area contributed by atoms with E-state index in [0.29, 0.717) is 18.2 Å². The van der Waals surface area contributed by atoms with Crippen LogP contribution >= 0.6 is 22.9 Å². The van der Waals surface area contributed by atoms with Crippen molar-refractivity contribution in [3.8, 4) is 5.75 Å². The third-order valence-corrected chi connectivity index (χ3v) is 3.11. The van der Waals surface area contributed by atoms with Crippen LogP contribution in [0.4, 0.5) is 0 Å². The van der Waals surface area contributed by atoms with Crippen LogP contribution in [-0.2, 0) is 13.2 Å². The lowest BCUT2D eigenvalue weighted by Gasteiger charge is -2.03. The topological polar surface area (TPSA) is 48.1 Å². The Morgan fingerprint density at radius 1 is 1.44 bits per heavy atom. The second-order valence-corrected chi connectivity index (χ2v) is 4.56. The molecule has 3 nitrogen and oxygen atoms in total. The molecule has 1 aromatic carbocycles. The Bertz CT molecular complexity index is 473. The van der Waals surface area contributed by atoms with Gasteiger partial charge in [0.2, 0.25) is 0 Å². The number of ether oxygens (including phenoxy) is 1. The Morgan fingerprint density at radius 2 is 2.31 bits per heavy atom. The third-order valence-electron chi connectivity index (χ3n) is 1.96. The van der Waals surface area contributed by atoms with Crippen molar-refractivity contribution < 1.29 is 4.74 Å². The van der Waals surface area contributed by atoms with Crippen molar-refractivity contribution in [3.05, 3.63) is 45.4 Å². The fourth-order valence-corrected chi connectivity index (χ4v) is 2.06. The van der Waals surface area contributed by atoms with Gasteiger partial charge >= 0.3 is 0 Å². The molecule has 1 heterocycles. The Hall–Kier alpha value is -1.10. The summed E-state index contributed by atoms with van der Waals surface area (Å²) < 4.78 is 5.55. The summed E-state index contributed by atoms with van der Waals surface area (Å²) in [7, 11) is 0. The zero-order valence-corrected chi connectivity index (χ0v) is 10.1. The van der Waals surface area contributed by atoms with Crippen molar-refractivity contribution in [2.75, 3.05) is 0 Å². The van der Waals surface area contributed by atoms with Gasteiger partial charge in [-0.25, -0.2) is 4.98 Å². The first-order chi connectivity index (χ1) is 7.78. The molecule has 2 N–H and O–H groups in total. The fourth-order valence-electron chi connectivity index (χ4n) is 1.22. The van der Waals surface area contributed by atoms with Gasteiger partial charge in [-0.15, -0.1) is 11.3 Å². The summed E-state index contributed by atoms with van der Waals surface area (Å²) in [5.74, 6) is 0.745. The van der Waals surface area contributed by atoms with Gasteiger partial charge < -0.3 is 10.5 Å². The summed E-state index contributed by atoms with van der Waals surface area (Å²) >= 11 is 7.39. The van der Waals surface area contributed by atoms with Gasteiger partial charge in [0.15, 0.2) is 0 Å². The normalized spacial score (nSPS) is 10.4. The highest BCUT2D eigenvalue weighted by atomic mass is 35.5. The average molecular weight is 255 g/mol. The molecule has 0 aliphatic heterocycles. The molecule has 2 aromatic rings. The van der Waals surface area contributed by atoms with E-state index in [0.717, 1.165) is 16.5 Å². The van der Waals surface area contributed by atoms with E-state index in [9.17, 15) is 0 Å². The van der Waals surface area contributed by atoms with Gasteiger partial charge in [-0.05, 0) is 18.2 Å². The molecule has 5 heteroatoms. The van der Waals surface area contributed by atoms with Crippen molar-refractivity contribution in [2.45, 2.75) is 13.2 Å². The fraction of sp³-hybridized carbons (Fsp3) is 0.182. The van der Waals surface area contributed by atoms with Crippen molar-refractivity contribution in [2.24, 2.45) is 5.73 Å². The molecule has 0 radical (unpaired) electrons. The third kappa shape index (κ3) is 2.95. The molecule has 0 aliphatic carbocycles. The molecule has 2 rings (SSSR count). The maximum Gasteiger partial charge on any atom is 0.131 e. The Kier molecular flexibility index (Phi) is 3.77. The number of benzene rings is 1. The molecule has 0 spiro atoms. The van der Waals surface area contributed by atoms with Crippen LogP contribution in [0.1, 0.15) is 10.7 Å². The number of hydrogen-bond acceptors (Lipinski definition) is 4. The van der Waals surface area contributed by atoms with Gasteiger partial charge in [-0.2, -0.15) is 0 Å². The van der Waals surface area contributed by atoms with Crippen LogP contribution in [0.15, 0.2) is 29.6 Å². The van der Waals surface area contributed by atoms with Crippen molar-refractivity contribution in [1.29, 1.82) is 0 Å². The van der Waals surface area contributed by atoms with E-state index >= 15 is 0 Å². The predicted molar refractivity (Wildman–Crippen MR) is 65.8 cm³/mol. The summed E-state index contributed by atoms with van der Waals surface area (Å²) in [6.45, 7) is 0.915. The molecule has 0 atom stereocenters. The minimum Gasteiger partial charge on any atom is -0.487 e. The lowest BCUT2D eigenvalue weighted by atomic mass is 10.3. The second-order valence-electron chi connectivity index (χ2n) is 3.18. The zero-order chi connectivity index (χ0) is 11.4. The van der Waals surface area contributed by atoms with E-state index in [1.807, 2.05) is 23.6 Å². The molecular weight excluding hydrogens is 244 g/mol. The SMILES string of the molecule is NCc1nc(COc2cccc(Cl)c2)cs1. The largest absolute Gasteiger partial charge is 0.487 e. The minimum atomic E-state index is 0.441. The van der Waals surface area contributed by atoms with Gasteiger partial charge in [-0.3, -0.25) is 0 Å². The molecule has 0 amide bonds. The molecule has 0 saturated carbocycles. The molecule has 0 saturated heterocycles. The van der Waals surface area contributed by atoms with Crippen molar-refractivity contribution >= 4 is 22.9 Å². The molecule has 0 bridgehead atoms. The van der Waals surface area contributed by atoms with Crippen LogP contribution in [0.25, 0.3) is 0 Å². The van der Waals surface area contributed by atoms with Crippen LogP contribution in [0.2, 0.25) is 5.02 Å². The number of thiazole rings is 1. The maximum atomic E-state index is 5.84. The van der Waals surface area contributed by atoms with Gasteiger partial charge in [0.1, 0.15) is 17.4 Å². The number of aromatic nitrogens is 1. The smallest absolute Gasteiger partial charge is 0.131 e. The number of nitrogens with zero attached hydrogens (tertiary/aromatic N) is 1. The molecule has 0 unspecified atom stereocenters. The highest BCUT2D eigenvalue weighted by molar-refractivity contribution is 7.09. The lowest BCUT2D eigenvalue weighted by Crippen LogP contribution is -1.98. The van der Waals surface area contributed by atoms with Crippen LogP contribution < -0.4 is 10.5 Å². The molecule has 0 fully saturated rings. The highest BCUT2D eigenvalue weighted by Gasteiger charge is 2.01. The summed E-state index contributed by atoms with van der Waals surface area (Å²) in [6.07, 6.45) is 0. The van der Waals surface area contributed by atoms with Crippen LogP contribution in [0, 0.1) is 0 Å². The average Bonchev–Trinajstić information content (AvgIpc) is 2.74. The number of halogens is 1. The van der Waals surface area contributed by atoms with E-state index in [1.165, 1.54) is 0 Å². The van der Waals surface area contributed by atoms with E-state index in [1.54, 1.807) is 17.4 Å². The van der Waals surface area contributed by atoms with Gasteiger partial charge in [-0.1, -0.05) is 17.7 Å². The first-order valence-corrected chi connectivity index (χ1v) is 6.05. The minimum absolute atomic E-state index is 0.441. The quantitative estimate of drug-likeness (QED) is 0.913. The Morgan fingerprint density at radius 3 is 3.00 bits per heavy atom. The van der Waals surface area contributed by atoms with Crippen LogP contribution in [0.3, 0.4) is 0 Å². The Balaban J connectivity index is 1.96. The Labute approximate surface area is 103 Å². The van der Waals surface area contributed by atoms with Crippen molar-refractivity contribution in [3.63, 3.8) is 0 Å². The van der Waals surface area contributed by atoms with Gasteiger partial charge in [0, 0.05) is 16.9 Å². The monoisotopic (exact) mass is 254 g/mol. The number of nitrogens with two attached hydrogens (primary N) is 1. The standard InChI is InChI=1S/C11H11ClN2OS/c12-8-2-1-3-10(4-8)15-6-9-7-16-11(5-13)14-9/h1-4,7H,5-6,13H2. The summed E-state index contributed by atoms with van der Waals surface area (Å²) in [5.41, 5.74) is 6.37. The van der Waals surface area contributed by atoms with E-state index < -0.39 is 0 Å². The van der Waals surface area contributed by atoms with Crippen molar-refractivity contribution in [1.82, 2.24) is 4.98 Å². The first kappa shape index (κ1) is 11.4. The molecule has 84 valence electrons. The molecule has 0 aliphatic rings. The number of rotatable bonds is 4. The van der Waals surface area contributed by atoms with E-state index in [4.69, 9.17) is 22.1 Å². The molecule has 16 heavy (non-hydrogen) atoms. The summed E-state index contributed by atoms with van der Waals surface area (Å²) in [4.78, 5) is 4.30. The predicted octanol–water partition coefficient (Wildman–Crippen LogP) is 2.83. The summed E-state index contributed by atoms with van der Waals surface area (Å²) in [6, 6.07) is 7.30. The molecular formula is C11H11ClN2OS. The highest BCUT2D eigenvalue weighted by Crippen LogP contribution is 2.18. The summed E-state index contributed by atoms with van der Waals surface area (Å²) in [5, 5.41) is 3.54. The molecule has 1 aromatic heterocycles.